The SMILES string of the molecule is CSCC(C)CNC(=O)c1c(N)n[nH]c1C. The van der Waals surface area contributed by atoms with E-state index in [1.54, 1.807) is 18.7 Å². The minimum Gasteiger partial charge on any atom is -0.382 e. The summed E-state index contributed by atoms with van der Waals surface area (Å²) < 4.78 is 0. The van der Waals surface area contributed by atoms with E-state index in [2.05, 4.69) is 28.7 Å². The summed E-state index contributed by atoms with van der Waals surface area (Å²) in [6.45, 7) is 4.54. The van der Waals surface area contributed by atoms with Crippen molar-refractivity contribution < 1.29 is 4.79 Å². The summed E-state index contributed by atoms with van der Waals surface area (Å²) in [7, 11) is 0. The number of aryl methyl sites for hydroxylation is 1. The molecule has 0 bridgehead atoms. The largest absolute Gasteiger partial charge is 0.382 e. The normalized spacial score (nSPS) is 12.4. The summed E-state index contributed by atoms with van der Waals surface area (Å²) in [5.41, 5.74) is 6.76. The Balaban J connectivity index is 2.53. The summed E-state index contributed by atoms with van der Waals surface area (Å²) in [5.74, 6) is 1.58. The van der Waals surface area contributed by atoms with Gasteiger partial charge in [-0.1, -0.05) is 6.92 Å². The molecule has 0 saturated carbocycles. The predicted octanol–water partition coefficient (Wildman–Crippen LogP) is 1.03. The maximum absolute atomic E-state index is 11.8. The molecule has 0 aromatic carbocycles. The van der Waals surface area contributed by atoms with Crippen LogP contribution in [-0.4, -0.2) is 34.7 Å². The van der Waals surface area contributed by atoms with Gasteiger partial charge in [0.2, 0.25) is 0 Å². The van der Waals surface area contributed by atoms with Crippen LogP contribution in [0.4, 0.5) is 5.82 Å². The molecule has 6 heteroatoms. The molecule has 0 aliphatic rings. The molecule has 1 aromatic heterocycles. The van der Waals surface area contributed by atoms with Crippen LogP contribution >= 0.6 is 11.8 Å². The molecule has 0 aliphatic heterocycles. The number of anilines is 1. The van der Waals surface area contributed by atoms with Crippen LogP contribution in [0.2, 0.25) is 0 Å². The Labute approximate surface area is 99.6 Å². The van der Waals surface area contributed by atoms with E-state index in [1.165, 1.54) is 0 Å². The highest BCUT2D eigenvalue weighted by molar-refractivity contribution is 7.98. The number of nitrogens with zero attached hydrogens (tertiary/aromatic N) is 1. The van der Waals surface area contributed by atoms with Gasteiger partial charge in [0.15, 0.2) is 5.82 Å². The Bertz CT molecular complexity index is 344. The van der Waals surface area contributed by atoms with Crippen molar-refractivity contribution in [1.29, 1.82) is 0 Å². The number of nitrogens with two attached hydrogens (primary N) is 1. The van der Waals surface area contributed by atoms with Gasteiger partial charge in [0.05, 0.1) is 0 Å². The van der Waals surface area contributed by atoms with Gasteiger partial charge in [-0.25, -0.2) is 0 Å². The Kier molecular flexibility index (Phi) is 4.67. The molecule has 1 amide bonds. The zero-order valence-corrected chi connectivity index (χ0v) is 10.6. The maximum atomic E-state index is 11.8. The number of carbonyl (C=O) groups is 1. The molecule has 1 aromatic rings. The standard InChI is InChI=1S/C10H18N4OS/c1-6(5-16-3)4-12-10(15)8-7(2)13-14-9(8)11/h6H,4-5H2,1-3H3,(H,12,15)(H3,11,13,14). The average molecular weight is 242 g/mol. The smallest absolute Gasteiger partial charge is 0.256 e. The van der Waals surface area contributed by atoms with Crippen molar-refractivity contribution in [3.8, 4) is 0 Å². The topological polar surface area (TPSA) is 83.8 Å². The number of aromatic nitrogens is 2. The maximum Gasteiger partial charge on any atom is 0.256 e. The van der Waals surface area contributed by atoms with Crippen LogP contribution in [0.25, 0.3) is 0 Å². The monoisotopic (exact) mass is 242 g/mol. The fraction of sp³-hybridized carbons (Fsp3) is 0.600. The number of nitrogen functional groups attached to an aromatic ring is 1. The van der Waals surface area contributed by atoms with Crippen molar-refractivity contribution in [3.63, 3.8) is 0 Å². The number of hydrogen-bond acceptors (Lipinski definition) is 4. The van der Waals surface area contributed by atoms with Crippen molar-refractivity contribution in [1.82, 2.24) is 15.5 Å². The van der Waals surface area contributed by atoms with E-state index in [-0.39, 0.29) is 11.7 Å². The quantitative estimate of drug-likeness (QED) is 0.720. The number of rotatable bonds is 5. The summed E-state index contributed by atoms with van der Waals surface area (Å²) in [4.78, 5) is 11.8. The van der Waals surface area contributed by atoms with Crippen LogP contribution in [0.3, 0.4) is 0 Å². The third kappa shape index (κ3) is 3.16. The first-order chi connectivity index (χ1) is 7.56. The lowest BCUT2D eigenvalue weighted by Gasteiger charge is -2.10. The lowest BCUT2D eigenvalue weighted by Crippen LogP contribution is -2.29. The van der Waals surface area contributed by atoms with Crippen LogP contribution in [0.15, 0.2) is 0 Å². The van der Waals surface area contributed by atoms with Crippen molar-refractivity contribution >= 4 is 23.5 Å². The summed E-state index contributed by atoms with van der Waals surface area (Å²) >= 11 is 1.77. The molecule has 4 N–H and O–H groups in total. The van der Waals surface area contributed by atoms with Crippen molar-refractivity contribution in [3.05, 3.63) is 11.3 Å². The van der Waals surface area contributed by atoms with Crippen LogP contribution in [-0.2, 0) is 0 Å². The molecular weight excluding hydrogens is 224 g/mol. The van der Waals surface area contributed by atoms with Crippen molar-refractivity contribution in [2.75, 3.05) is 24.3 Å². The van der Waals surface area contributed by atoms with E-state index in [0.29, 0.717) is 23.7 Å². The summed E-state index contributed by atoms with van der Waals surface area (Å²) in [5, 5.41) is 9.34. The van der Waals surface area contributed by atoms with E-state index < -0.39 is 0 Å². The van der Waals surface area contributed by atoms with Gasteiger partial charge in [0.1, 0.15) is 5.56 Å². The molecule has 0 spiro atoms. The van der Waals surface area contributed by atoms with E-state index in [1.807, 2.05) is 0 Å². The van der Waals surface area contributed by atoms with Crippen LogP contribution < -0.4 is 11.1 Å². The highest BCUT2D eigenvalue weighted by Gasteiger charge is 2.16. The lowest BCUT2D eigenvalue weighted by molar-refractivity contribution is 0.0949. The molecule has 1 unspecified atom stereocenters. The van der Waals surface area contributed by atoms with E-state index in [9.17, 15) is 4.79 Å². The van der Waals surface area contributed by atoms with Gasteiger partial charge < -0.3 is 11.1 Å². The number of aromatic amines is 1. The molecule has 0 radical (unpaired) electrons. The second kappa shape index (κ2) is 5.79. The molecule has 1 rings (SSSR count). The lowest BCUT2D eigenvalue weighted by atomic mass is 10.2. The van der Waals surface area contributed by atoms with Gasteiger partial charge in [-0.05, 0) is 24.9 Å². The van der Waals surface area contributed by atoms with Gasteiger partial charge in [-0.2, -0.15) is 16.9 Å². The molecular formula is C10H18N4OS. The summed E-state index contributed by atoms with van der Waals surface area (Å²) in [6.07, 6.45) is 2.05. The highest BCUT2D eigenvalue weighted by atomic mass is 32.2. The summed E-state index contributed by atoms with van der Waals surface area (Å²) in [6, 6.07) is 0. The third-order valence-electron chi connectivity index (χ3n) is 2.26. The molecule has 0 aliphatic carbocycles. The fourth-order valence-corrected chi connectivity index (χ4v) is 2.12. The number of carbonyl (C=O) groups excluding carboxylic acids is 1. The molecule has 16 heavy (non-hydrogen) atoms. The number of amides is 1. The predicted molar refractivity (Wildman–Crippen MR) is 67.6 cm³/mol. The molecule has 0 saturated heterocycles. The van der Waals surface area contributed by atoms with Crippen LogP contribution in [0.5, 0.6) is 0 Å². The highest BCUT2D eigenvalue weighted by Crippen LogP contribution is 2.12. The van der Waals surface area contributed by atoms with Crippen LogP contribution in [0, 0.1) is 12.8 Å². The van der Waals surface area contributed by atoms with Gasteiger partial charge in [-0.3, -0.25) is 9.89 Å². The van der Waals surface area contributed by atoms with E-state index in [0.717, 1.165) is 5.75 Å². The molecule has 1 atom stereocenters. The van der Waals surface area contributed by atoms with Gasteiger partial charge in [-0.15, -0.1) is 0 Å². The Morgan fingerprint density at radius 3 is 2.88 bits per heavy atom. The Hall–Kier alpha value is -1.17. The Morgan fingerprint density at radius 1 is 1.69 bits per heavy atom. The zero-order chi connectivity index (χ0) is 12.1. The number of thioether (sulfide) groups is 1. The Morgan fingerprint density at radius 2 is 2.38 bits per heavy atom. The van der Waals surface area contributed by atoms with Gasteiger partial charge in [0, 0.05) is 12.2 Å². The van der Waals surface area contributed by atoms with Crippen LogP contribution in [0.1, 0.15) is 23.0 Å². The van der Waals surface area contributed by atoms with Crippen molar-refractivity contribution in [2.45, 2.75) is 13.8 Å². The second-order valence-electron chi connectivity index (χ2n) is 3.88. The van der Waals surface area contributed by atoms with Gasteiger partial charge in [0.25, 0.3) is 5.91 Å². The average Bonchev–Trinajstić information content (AvgIpc) is 2.56. The third-order valence-corrected chi connectivity index (χ3v) is 3.17. The molecule has 1 heterocycles. The first kappa shape index (κ1) is 12.9. The van der Waals surface area contributed by atoms with E-state index >= 15 is 0 Å². The number of nitrogens with one attached hydrogen (secondary N) is 2. The number of hydrogen-bond donors (Lipinski definition) is 3. The number of H-pyrrole nitrogens is 1. The second-order valence-corrected chi connectivity index (χ2v) is 4.79. The molecule has 5 nitrogen and oxygen atoms in total. The molecule has 90 valence electrons. The van der Waals surface area contributed by atoms with Gasteiger partial charge >= 0.3 is 0 Å². The fourth-order valence-electron chi connectivity index (χ4n) is 1.43. The molecule has 0 fully saturated rings. The first-order valence-electron chi connectivity index (χ1n) is 5.13. The first-order valence-corrected chi connectivity index (χ1v) is 6.53. The van der Waals surface area contributed by atoms with E-state index in [4.69, 9.17) is 5.73 Å². The minimum absolute atomic E-state index is 0.156. The zero-order valence-electron chi connectivity index (χ0n) is 9.83. The minimum atomic E-state index is -0.156. The van der Waals surface area contributed by atoms with Crippen molar-refractivity contribution in [2.24, 2.45) is 5.92 Å².